The summed E-state index contributed by atoms with van der Waals surface area (Å²) in [5.41, 5.74) is 0. The maximum absolute atomic E-state index is 12.4. The van der Waals surface area contributed by atoms with Crippen LogP contribution in [0.15, 0.2) is 4.99 Å². The van der Waals surface area contributed by atoms with E-state index < -0.39 is 0 Å². The zero-order valence-corrected chi connectivity index (χ0v) is 15.5. The van der Waals surface area contributed by atoms with Crippen LogP contribution in [0.3, 0.4) is 0 Å². The fraction of sp³-hybridized carbons (Fsp3) is 0.824. The predicted octanol–water partition coefficient (Wildman–Crippen LogP) is 0.0842. The molecule has 0 saturated carbocycles. The molecule has 0 aromatic rings. The van der Waals surface area contributed by atoms with Crippen molar-refractivity contribution in [1.82, 2.24) is 15.1 Å². The Morgan fingerprint density at radius 2 is 1.96 bits per heavy atom. The number of piperazine rings is 1. The SMILES string of the molecule is CCNC(=NCC(C)C(=O)OC)N1CCN(C(=O)C2CCCO2)CC1. The Morgan fingerprint density at radius 3 is 2.52 bits per heavy atom. The summed E-state index contributed by atoms with van der Waals surface area (Å²) in [5.74, 6) is 0.355. The average molecular weight is 354 g/mol. The fourth-order valence-corrected chi connectivity index (χ4v) is 3.04. The maximum atomic E-state index is 12.4. The lowest BCUT2D eigenvalue weighted by atomic mass is 10.2. The van der Waals surface area contributed by atoms with E-state index in [2.05, 4.69) is 15.2 Å². The number of carbonyl (C=O) groups is 2. The molecule has 8 heteroatoms. The number of aliphatic imine (C=N–C) groups is 1. The molecule has 1 amide bonds. The highest BCUT2D eigenvalue weighted by atomic mass is 16.5. The van der Waals surface area contributed by atoms with Gasteiger partial charge in [0.25, 0.3) is 5.91 Å². The van der Waals surface area contributed by atoms with Crippen LogP contribution in [-0.2, 0) is 19.1 Å². The topological polar surface area (TPSA) is 83.5 Å². The molecule has 2 atom stereocenters. The van der Waals surface area contributed by atoms with Gasteiger partial charge in [0.05, 0.1) is 19.6 Å². The smallest absolute Gasteiger partial charge is 0.310 e. The van der Waals surface area contributed by atoms with Crippen molar-refractivity contribution < 1.29 is 19.1 Å². The lowest BCUT2D eigenvalue weighted by Gasteiger charge is -2.37. The van der Waals surface area contributed by atoms with Crippen molar-refractivity contribution in [1.29, 1.82) is 0 Å². The second kappa shape index (κ2) is 9.60. The molecule has 8 nitrogen and oxygen atoms in total. The molecular formula is C17H30N4O4. The minimum Gasteiger partial charge on any atom is -0.469 e. The normalized spacial score (nSPS) is 22.7. The summed E-state index contributed by atoms with van der Waals surface area (Å²) in [6.45, 7) is 8.39. The number of carbonyl (C=O) groups excluding carboxylic acids is 2. The van der Waals surface area contributed by atoms with E-state index in [9.17, 15) is 9.59 Å². The number of hydrogen-bond acceptors (Lipinski definition) is 5. The summed E-state index contributed by atoms with van der Waals surface area (Å²) in [5, 5.41) is 3.26. The molecule has 2 saturated heterocycles. The fourth-order valence-electron chi connectivity index (χ4n) is 3.04. The van der Waals surface area contributed by atoms with Crippen LogP contribution in [0.4, 0.5) is 0 Å². The molecule has 0 bridgehead atoms. The lowest BCUT2D eigenvalue weighted by molar-refractivity contribution is -0.144. The minimum absolute atomic E-state index is 0.110. The van der Waals surface area contributed by atoms with Crippen LogP contribution in [0.1, 0.15) is 26.7 Å². The molecule has 2 aliphatic rings. The third-order valence-corrected chi connectivity index (χ3v) is 4.55. The molecule has 1 N–H and O–H groups in total. The molecular weight excluding hydrogens is 324 g/mol. The van der Waals surface area contributed by atoms with Gasteiger partial charge in [0.2, 0.25) is 0 Å². The van der Waals surface area contributed by atoms with Crippen molar-refractivity contribution in [2.24, 2.45) is 10.9 Å². The molecule has 0 aromatic heterocycles. The number of esters is 1. The van der Waals surface area contributed by atoms with E-state index in [0.29, 0.717) is 26.2 Å². The average Bonchev–Trinajstić information content (AvgIpc) is 3.18. The van der Waals surface area contributed by atoms with Crippen LogP contribution < -0.4 is 5.32 Å². The van der Waals surface area contributed by atoms with Crippen molar-refractivity contribution >= 4 is 17.8 Å². The zero-order valence-electron chi connectivity index (χ0n) is 15.5. The molecule has 0 aliphatic carbocycles. The second-order valence-electron chi connectivity index (χ2n) is 6.43. The molecule has 2 fully saturated rings. The zero-order chi connectivity index (χ0) is 18.2. The summed E-state index contributed by atoms with van der Waals surface area (Å²) in [6, 6.07) is 0. The first-order chi connectivity index (χ1) is 12.1. The quantitative estimate of drug-likeness (QED) is 0.428. The van der Waals surface area contributed by atoms with Gasteiger partial charge in [-0.05, 0) is 19.8 Å². The Balaban J connectivity index is 1.88. The van der Waals surface area contributed by atoms with E-state index in [1.54, 1.807) is 6.92 Å². The Labute approximate surface area is 149 Å². The molecule has 2 unspecified atom stereocenters. The highest BCUT2D eigenvalue weighted by Gasteiger charge is 2.31. The van der Waals surface area contributed by atoms with E-state index in [0.717, 1.165) is 38.4 Å². The monoisotopic (exact) mass is 354 g/mol. The Kier molecular flexibility index (Phi) is 7.49. The first-order valence-corrected chi connectivity index (χ1v) is 9.08. The lowest BCUT2D eigenvalue weighted by Crippen LogP contribution is -2.55. The number of nitrogens with zero attached hydrogens (tertiary/aromatic N) is 3. The van der Waals surface area contributed by atoms with Crippen LogP contribution in [0.2, 0.25) is 0 Å². The van der Waals surface area contributed by atoms with Crippen LogP contribution >= 0.6 is 0 Å². The Morgan fingerprint density at radius 1 is 1.28 bits per heavy atom. The minimum atomic E-state index is -0.277. The Bertz CT molecular complexity index is 483. The first kappa shape index (κ1) is 19.5. The van der Waals surface area contributed by atoms with Gasteiger partial charge >= 0.3 is 5.97 Å². The van der Waals surface area contributed by atoms with Crippen LogP contribution in [0.25, 0.3) is 0 Å². The van der Waals surface area contributed by atoms with E-state index in [-0.39, 0.29) is 23.9 Å². The van der Waals surface area contributed by atoms with Crippen molar-refractivity contribution in [3.05, 3.63) is 0 Å². The second-order valence-corrected chi connectivity index (χ2v) is 6.43. The molecule has 142 valence electrons. The third-order valence-electron chi connectivity index (χ3n) is 4.55. The summed E-state index contributed by atoms with van der Waals surface area (Å²) >= 11 is 0. The number of ether oxygens (including phenoxy) is 2. The summed E-state index contributed by atoms with van der Waals surface area (Å²) in [6.07, 6.45) is 1.54. The van der Waals surface area contributed by atoms with Gasteiger partial charge in [-0.2, -0.15) is 0 Å². The third kappa shape index (κ3) is 5.32. The number of nitrogens with one attached hydrogen (secondary N) is 1. The Hall–Kier alpha value is -1.83. The summed E-state index contributed by atoms with van der Waals surface area (Å²) in [4.78, 5) is 32.5. The summed E-state index contributed by atoms with van der Waals surface area (Å²) in [7, 11) is 1.39. The molecule has 0 spiro atoms. The molecule has 2 heterocycles. The number of hydrogen-bond donors (Lipinski definition) is 1. The van der Waals surface area contributed by atoms with Crippen LogP contribution in [0.5, 0.6) is 0 Å². The van der Waals surface area contributed by atoms with Crippen LogP contribution in [0, 0.1) is 5.92 Å². The van der Waals surface area contributed by atoms with Crippen LogP contribution in [-0.4, -0.2) is 86.7 Å². The van der Waals surface area contributed by atoms with E-state index in [1.807, 2.05) is 11.8 Å². The van der Waals surface area contributed by atoms with Gasteiger partial charge in [0.1, 0.15) is 6.10 Å². The molecule has 0 radical (unpaired) electrons. The van der Waals surface area contributed by atoms with Crippen molar-refractivity contribution in [3.63, 3.8) is 0 Å². The van der Waals surface area contributed by atoms with Gasteiger partial charge in [-0.25, -0.2) is 0 Å². The van der Waals surface area contributed by atoms with Crippen molar-refractivity contribution in [2.45, 2.75) is 32.8 Å². The number of methoxy groups -OCH3 is 1. The molecule has 2 aliphatic heterocycles. The highest BCUT2D eigenvalue weighted by molar-refractivity contribution is 5.83. The highest BCUT2D eigenvalue weighted by Crippen LogP contribution is 2.16. The van der Waals surface area contributed by atoms with Gasteiger partial charge < -0.3 is 24.6 Å². The largest absolute Gasteiger partial charge is 0.469 e. The van der Waals surface area contributed by atoms with E-state index >= 15 is 0 Å². The standard InChI is InChI=1S/C17H30N4O4/c1-4-18-17(19-12-13(2)16(23)24-3)21-9-7-20(8-10-21)15(22)14-6-5-11-25-14/h13-14H,4-12H2,1-3H3,(H,18,19). The van der Waals surface area contributed by atoms with Gasteiger partial charge in [-0.15, -0.1) is 0 Å². The van der Waals surface area contributed by atoms with Gasteiger partial charge in [-0.3, -0.25) is 14.6 Å². The summed E-state index contributed by atoms with van der Waals surface area (Å²) < 4.78 is 10.2. The van der Waals surface area contributed by atoms with Crippen molar-refractivity contribution in [3.8, 4) is 0 Å². The van der Waals surface area contributed by atoms with E-state index in [1.165, 1.54) is 7.11 Å². The van der Waals surface area contributed by atoms with Gasteiger partial charge in [0, 0.05) is 39.3 Å². The first-order valence-electron chi connectivity index (χ1n) is 9.08. The number of rotatable bonds is 5. The number of guanidine groups is 1. The van der Waals surface area contributed by atoms with Gasteiger partial charge in [0.15, 0.2) is 5.96 Å². The maximum Gasteiger partial charge on any atom is 0.310 e. The molecule has 0 aromatic carbocycles. The predicted molar refractivity (Wildman–Crippen MR) is 94.3 cm³/mol. The van der Waals surface area contributed by atoms with E-state index in [4.69, 9.17) is 9.47 Å². The number of amides is 1. The molecule has 2 rings (SSSR count). The molecule has 25 heavy (non-hydrogen) atoms. The van der Waals surface area contributed by atoms with Gasteiger partial charge in [-0.1, -0.05) is 6.92 Å². The van der Waals surface area contributed by atoms with Crippen molar-refractivity contribution in [2.75, 3.05) is 53.0 Å².